The van der Waals surface area contributed by atoms with Gasteiger partial charge in [0.1, 0.15) is 15.0 Å². The molecule has 0 bridgehead atoms. The van der Waals surface area contributed by atoms with E-state index < -0.39 is 57.8 Å². The number of nitriles is 1. The van der Waals surface area contributed by atoms with Crippen LogP contribution in [0.25, 0.3) is 0 Å². The molecule has 1 aliphatic rings. The maximum absolute atomic E-state index is 15.2. The van der Waals surface area contributed by atoms with E-state index in [0.717, 1.165) is 0 Å². The van der Waals surface area contributed by atoms with Crippen molar-refractivity contribution in [1.29, 1.82) is 5.26 Å². The zero-order chi connectivity index (χ0) is 25.5. The van der Waals surface area contributed by atoms with E-state index in [4.69, 9.17) is 31.6 Å². The fourth-order valence-electron chi connectivity index (χ4n) is 3.37. The van der Waals surface area contributed by atoms with E-state index in [1.165, 1.54) is 13.3 Å². The van der Waals surface area contributed by atoms with E-state index in [2.05, 4.69) is 0 Å². The predicted molar refractivity (Wildman–Crippen MR) is 128 cm³/mol. The highest BCUT2D eigenvalue weighted by Crippen LogP contribution is 2.51. The first kappa shape index (κ1) is 30.5. The normalized spacial score (nSPS) is 24.3. The van der Waals surface area contributed by atoms with Crippen molar-refractivity contribution in [3.05, 3.63) is 0 Å². The van der Waals surface area contributed by atoms with Gasteiger partial charge in [-0.1, -0.05) is 13.8 Å². The Labute approximate surface area is 200 Å². The zero-order valence-electron chi connectivity index (χ0n) is 20.9. The van der Waals surface area contributed by atoms with Gasteiger partial charge in [-0.15, -0.1) is 0 Å². The summed E-state index contributed by atoms with van der Waals surface area (Å²) in [7, 11) is 1.33. The minimum atomic E-state index is -3.24. The van der Waals surface area contributed by atoms with Crippen LogP contribution in [-0.2, 0) is 27.9 Å². The van der Waals surface area contributed by atoms with Gasteiger partial charge in [0.05, 0.1) is 37.2 Å². The number of hydrogen-bond acceptors (Lipinski definition) is 8. The highest BCUT2D eigenvalue weighted by atomic mass is 31.2. The van der Waals surface area contributed by atoms with E-state index in [9.17, 15) is 9.36 Å². The molecule has 8 nitrogen and oxygen atoms in total. The van der Waals surface area contributed by atoms with Crippen LogP contribution in [-0.4, -0.2) is 80.7 Å². The van der Waals surface area contributed by atoms with Gasteiger partial charge in [-0.2, -0.15) is 5.26 Å². The third-order valence-electron chi connectivity index (χ3n) is 5.01. The summed E-state index contributed by atoms with van der Waals surface area (Å²) in [5, 5.41) is 8.87. The summed E-state index contributed by atoms with van der Waals surface area (Å²) >= 11 is 0. The van der Waals surface area contributed by atoms with Gasteiger partial charge in [0.15, 0.2) is 12.0 Å². The summed E-state index contributed by atoms with van der Waals surface area (Å²) in [5.74, 6) is -2.99. The number of esters is 1. The van der Waals surface area contributed by atoms with Gasteiger partial charge >= 0.3 is 5.97 Å². The molecule has 0 aromatic carbocycles. The molecule has 33 heavy (non-hydrogen) atoms. The Hall–Kier alpha value is -0.545. The molecule has 1 saturated heterocycles. The van der Waals surface area contributed by atoms with Crippen LogP contribution in [0.3, 0.4) is 0 Å². The van der Waals surface area contributed by atoms with Crippen molar-refractivity contribution in [3.8, 4) is 6.07 Å². The highest BCUT2D eigenvalue weighted by molar-refractivity contribution is 7.62. The number of ether oxygens (including phenoxy) is 2. The van der Waals surface area contributed by atoms with Crippen LogP contribution in [0.4, 0.5) is 4.39 Å². The summed E-state index contributed by atoms with van der Waals surface area (Å²) in [6.45, 7) is 14.1. The van der Waals surface area contributed by atoms with E-state index in [1.807, 2.05) is 38.4 Å². The molecule has 0 aromatic heterocycles. The molecule has 12 heteroatoms. The maximum atomic E-state index is 15.2. The van der Waals surface area contributed by atoms with E-state index in [0.29, 0.717) is 0 Å². The van der Waals surface area contributed by atoms with E-state index >= 15 is 4.39 Å². The lowest BCUT2D eigenvalue weighted by Gasteiger charge is -2.37. The molecule has 3 unspecified atom stereocenters. The van der Waals surface area contributed by atoms with Crippen LogP contribution in [0.15, 0.2) is 0 Å². The summed E-state index contributed by atoms with van der Waals surface area (Å²) in [4.78, 5) is 12.2. The third kappa shape index (κ3) is 9.20. The standard InChI is InChI=1S/C21H38BFN2O6P2/c1-13(2)21(26)30-18(20(23)33(7,8)27)16-12-17(19(22)29-16)31-32(28-11-9-10-24)25(14(3)4)15(5)6/h13-20H,9,11-12H2,1-8H3/t16-,17-,18?,19+,20?,32?/m0/s1. The number of alkyl halides is 1. The van der Waals surface area contributed by atoms with Gasteiger partial charge in [0, 0.05) is 24.5 Å². The molecule has 0 N–H and O–H groups in total. The summed E-state index contributed by atoms with van der Waals surface area (Å²) in [5.41, 5.74) is 0. The van der Waals surface area contributed by atoms with Crippen molar-refractivity contribution in [1.82, 2.24) is 4.67 Å². The van der Waals surface area contributed by atoms with Gasteiger partial charge in [-0.3, -0.25) is 4.79 Å². The van der Waals surface area contributed by atoms with Crippen molar-refractivity contribution in [2.24, 2.45) is 5.92 Å². The second-order valence-corrected chi connectivity index (χ2v) is 14.2. The van der Waals surface area contributed by atoms with Crippen LogP contribution < -0.4 is 0 Å². The monoisotopic (exact) mass is 506 g/mol. The average molecular weight is 506 g/mol. The quantitative estimate of drug-likeness (QED) is 0.157. The molecule has 0 aliphatic carbocycles. The molecule has 188 valence electrons. The van der Waals surface area contributed by atoms with Gasteiger partial charge in [0.25, 0.3) is 8.53 Å². The van der Waals surface area contributed by atoms with Crippen molar-refractivity contribution >= 4 is 29.5 Å². The van der Waals surface area contributed by atoms with Crippen molar-refractivity contribution in [3.63, 3.8) is 0 Å². The Morgan fingerprint density at radius 3 is 2.30 bits per heavy atom. The molecular weight excluding hydrogens is 468 g/mol. The minimum Gasteiger partial charge on any atom is -0.456 e. The first-order chi connectivity index (χ1) is 15.2. The molecular formula is C21H38BFN2O6P2. The Morgan fingerprint density at radius 1 is 1.27 bits per heavy atom. The first-order valence-electron chi connectivity index (χ1n) is 11.3. The summed E-state index contributed by atoms with van der Waals surface area (Å²) in [6.07, 6.45) is -2.59. The Morgan fingerprint density at radius 2 is 1.85 bits per heavy atom. The van der Waals surface area contributed by atoms with Crippen LogP contribution in [0, 0.1) is 17.2 Å². The SMILES string of the molecule is [B][C@@H]1O[C@H](C(OC(=O)C(C)C)C(F)P(C)(C)=O)C[C@@H]1OP(OCCC#N)N(C(C)C)C(C)C. The fourth-order valence-corrected chi connectivity index (χ4v) is 6.07. The number of carbonyl (C=O) groups excluding carboxylic acids is 1. The molecule has 6 atom stereocenters. The fraction of sp³-hybridized carbons (Fsp3) is 0.905. The summed E-state index contributed by atoms with van der Waals surface area (Å²) in [6, 6.07) is 1.31. The largest absolute Gasteiger partial charge is 0.456 e. The molecule has 0 amide bonds. The lowest BCUT2D eigenvalue weighted by atomic mass is 9.94. The van der Waals surface area contributed by atoms with E-state index in [-0.39, 0.29) is 31.5 Å². The third-order valence-corrected chi connectivity index (χ3v) is 8.64. The number of carbonyl (C=O) groups is 1. The topological polar surface area (TPSA) is 98.1 Å². The Balaban J connectivity index is 3.09. The van der Waals surface area contributed by atoms with Crippen molar-refractivity contribution in [2.75, 3.05) is 19.9 Å². The van der Waals surface area contributed by atoms with Gasteiger partial charge in [-0.25, -0.2) is 9.06 Å². The molecule has 1 fully saturated rings. The predicted octanol–water partition coefficient (Wildman–Crippen LogP) is 4.42. The maximum Gasteiger partial charge on any atom is 0.308 e. The van der Waals surface area contributed by atoms with Crippen molar-refractivity contribution < 1.29 is 32.3 Å². The molecule has 1 heterocycles. The van der Waals surface area contributed by atoms with Gasteiger partial charge in [-0.05, 0) is 41.0 Å². The number of nitrogens with zero attached hydrogens (tertiary/aromatic N) is 2. The molecule has 1 rings (SSSR count). The molecule has 0 aromatic rings. The molecule has 1 aliphatic heterocycles. The molecule has 0 spiro atoms. The van der Waals surface area contributed by atoms with Crippen LogP contribution in [0.5, 0.6) is 0 Å². The minimum absolute atomic E-state index is 0.0913. The zero-order valence-corrected chi connectivity index (χ0v) is 22.7. The number of halogens is 1. The number of hydrogen-bond donors (Lipinski definition) is 0. The average Bonchev–Trinajstić information content (AvgIpc) is 3.04. The molecule has 0 saturated carbocycles. The number of rotatable bonds is 13. The van der Waals surface area contributed by atoms with Crippen LogP contribution in [0.1, 0.15) is 54.4 Å². The Kier molecular flexibility index (Phi) is 12.5. The van der Waals surface area contributed by atoms with Gasteiger partial charge in [0.2, 0.25) is 0 Å². The van der Waals surface area contributed by atoms with Gasteiger partial charge < -0.3 is 23.1 Å². The Bertz CT molecular complexity index is 709. The lowest BCUT2D eigenvalue weighted by Crippen LogP contribution is -2.40. The lowest BCUT2D eigenvalue weighted by molar-refractivity contribution is -0.162. The first-order valence-corrected chi connectivity index (χ1v) is 15.1. The van der Waals surface area contributed by atoms with Crippen molar-refractivity contribution in [2.45, 2.75) is 96.7 Å². The highest BCUT2D eigenvalue weighted by Gasteiger charge is 2.47. The van der Waals surface area contributed by atoms with E-state index in [1.54, 1.807) is 13.8 Å². The van der Waals surface area contributed by atoms with Crippen LogP contribution >= 0.6 is 15.7 Å². The summed E-state index contributed by atoms with van der Waals surface area (Å²) < 4.78 is 52.9. The van der Waals surface area contributed by atoms with Crippen LogP contribution in [0.2, 0.25) is 0 Å². The second-order valence-electron chi connectivity index (χ2n) is 9.43. The molecule has 2 radical (unpaired) electrons. The smallest absolute Gasteiger partial charge is 0.308 e. The second kappa shape index (κ2) is 13.5.